The lowest BCUT2D eigenvalue weighted by molar-refractivity contribution is 0.597. The summed E-state index contributed by atoms with van der Waals surface area (Å²) in [6, 6.07) is 14.8. The van der Waals surface area contributed by atoms with Crippen LogP contribution in [-0.2, 0) is 16.4 Å². The van der Waals surface area contributed by atoms with Crippen molar-refractivity contribution >= 4 is 33.3 Å². The fraction of sp³-hybridized carbons (Fsp3) is 0.188. The molecule has 0 spiro atoms. The molecule has 7 heteroatoms. The number of fused-ring (bicyclic) bond motifs is 1. The third kappa shape index (κ3) is 3.83. The largest absolute Gasteiger partial charge is 0.355 e. The van der Waals surface area contributed by atoms with E-state index in [1.807, 2.05) is 18.2 Å². The quantitative estimate of drug-likeness (QED) is 0.832. The molecular formula is C16H16ClN3O2S. The Morgan fingerprint density at radius 1 is 1.13 bits per heavy atom. The summed E-state index contributed by atoms with van der Waals surface area (Å²) in [5.41, 5.74) is 1.73. The molecule has 0 aromatic heterocycles. The molecule has 1 heterocycles. The Balaban J connectivity index is 1.62. The molecule has 0 fully saturated rings. The van der Waals surface area contributed by atoms with Gasteiger partial charge in [-0.15, -0.1) is 4.40 Å². The molecule has 2 aromatic rings. The van der Waals surface area contributed by atoms with Crippen LogP contribution in [0, 0.1) is 0 Å². The van der Waals surface area contributed by atoms with Crippen molar-refractivity contribution in [1.29, 1.82) is 0 Å². The van der Waals surface area contributed by atoms with Gasteiger partial charge in [-0.3, -0.25) is 0 Å². The molecule has 0 saturated heterocycles. The van der Waals surface area contributed by atoms with Gasteiger partial charge in [-0.25, -0.2) is 0 Å². The number of hydrogen-bond acceptors (Lipinski definition) is 4. The van der Waals surface area contributed by atoms with E-state index in [9.17, 15) is 8.42 Å². The second-order valence-corrected chi connectivity index (χ2v) is 7.21. The molecule has 0 radical (unpaired) electrons. The zero-order chi connectivity index (χ0) is 16.3. The highest BCUT2D eigenvalue weighted by molar-refractivity contribution is 7.90. The van der Waals surface area contributed by atoms with Crippen LogP contribution >= 0.6 is 11.6 Å². The van der Waals surface area contributed by atoms with Crippen LogP contribution in [0.5, 0.6) is 0 Å². The van der Waals surface area contributed by atoms with Crippen molar-refractivity contribution in [2.75, 3.05) is 11.9 Å². The zero-order valence-corrected chi connectivity index (χ0v) is 13.9. The Morgan fingerprint density at radius 3 is 2.70 bits per heavy atom. The van der Waals surface area contributed by atoms with Gasteiger partial charge < -0.3 is 10.6 Å². The van der Waals surface area contributed by atoms with E-state index < -0.39 is 10.0 Å². The minimum Gasteiger partial charge on any atom is -0.355 e. The molecule has 2 aromatic carbocycles. The van der Waals surface area contributed by atoms with Gasteiger partial charge in [0.1, 0.15) is 4.90 Å². The first-order chi connectivity index (χ1) is 11.0. The molecule has 0 aliphatic carbocycles. The second kappa shape index (κ2) is 6.60. The van der Waals surface area contributed by atoms with Crippen LogP contribution in [0.15, 0.2) is 57.8 Å². The van der Waals surface area contributed by atoms with Crippen molar-refractivity contribution in [3.63, 3.8) is 0 Å². The molecule has 23 heavy (non-hydrogen) atoms. The van der Waals surface area contributed by atoms with E-state index in [-0.39, 0.29) is 10.9 Å². The predicted molar refractivity (Wildman–Crippen MR) is 92.5 cm³/mol. The first kappa shape index (κ1) is 15.8. The van der Waals surface area contributed by atoms with Gasteiger partial charge in [-0.2, -0.15) is 8.42 Å². The van der Waals surface area contributed by atoms with E-state index in [0.29, 0.717) is 17.3 Å². The zero-order valence-electron chi connectivity index (χ0n) is 12.3. The SMILES string of the molecule is O=S1(=O)N=C(NCCCc2ccccc2)Nc2ccc(Cl)cc21. The van der Waals surface area contributed by atoms with E-state index in [2.05, 4.69) is 27.2 Å². The fourth-order valence-corrected chi connectivity index (χ4v) is 3.71. The number of benzene rings is 2. The summed E-state index contributed by atoms with van der Waals surface area (Å²) < 4.78 is 28.1. The lowest BCUT2D eigenvalue weighted by atomic mass is 10.1. The lowest BCUT2D eigenvalue weighted by Gasteiger charge is -2.19. The summed E-state index contributed by atoms with van der Waals surface area (Å²) in [4.78, 5) is 0.0971. The first-order valence-electron chi connectivity index (χ1n) is 7.24. The van der Waals surface area contributed by atoms with E-state index >= 15 is 0 Å². The topological polar surface area (TPSA) is 70.6 Å². The lowest BCUT2D eigenvalue weighted by Crippen LogP contribution is -2.35. The summed E-state index contributed by atoms with van der Waals surface area (Å²) in [5.74, 6) is 0.243. The normalized spacial score (nSPS) is 15.3. The Hall–Kier alpha value is -2.05. The number of nitrogens with zero attached hydrogens (tertiary/aromatic N) is 1. The van der Waals surface area contributed by atoms with Gasteiger partial charge in [-0.05, 0) is 36.6 Å². The number of aryl methyl sites for hydroxylation is 1. The highest BCUT2D eigenvalue weighted by Gasteiger charge is 2.24. The monoisotopic (exact) mass is 349 g/mol. The number of anilines is 1. The van der Waals surface area contributed by atoms with Gasteiger partial charge in [0, 0.05) is 11.6 Å². The highest BCUT2D eigenvalue weighted by atomic mass is 35.5. The predicted octanol–water partition coefficient (Wildman–Crippen LogP) is 3.03. The third-order valence-corrected chi connectivity index (χ3v) is 5.02. The molecule has 0 saturated carbocycles. The maximum absolute atomic E-state index is 12.2. The summed E-state index contributed by atoms with van der Waals surface area (Å²) in [6.45, 7) is 0.624. The number of guanidine groups is 1. The molecule has 1 aliphatic heterocycles. The molecule has 2 N–H and O–H groups in total. The van der Waals surface area contributed by atoms with E-state index in [1.54, 1.807) is 12.1 Å². The Morgan fingerprint density at radius 2 is 1.91 bits per heavy atom. The maximum Gasteiger partial charge on any atom is 0.287 e. The van der Waals surface area contributed by atoms with Gasteiger partial charge in [-0.1, -0.05) is 41.9 Å². The highest BCUT2D eigenvalue weighted by Crippen LogP contribution is 2.29. The standard InChI is InChI=1S/C16H16ClN3O2S/c17-13-8-9-14-15(11-13)23(21,22)20-16(19-14)18-10-4-7-12-5-2-1-3-6-12/h1-3,5-6,8-9,11H,4,7,10H2,(H2,18,19,20). The molecular weight excluding hydrogens is 334 g/mol. The number of hydrogen-bond donors (Lipinski definition) is 2. The minimum absolute atomic E-state index is 0.0971. The van der Waals surface area contributed by atoms with E-state index in [0.717, 1.165) is 12.8 Å². The number of sulfonamides is 1. The molecule has 120 valence electrons. The summed E-state index contributed by atoms with van der Waals surface area (Å²) >= 11 is 5.84. The molecule has 5 nitrogen and oxygen atoms in total. The summed E-state index contributed by atoms with van der Waals surface area (Å²) in [7, 11) is -3.72. The smallest absolute Gasteiger partial charge is 0.287 e. The van der Waals surface area contributed by atoms with Crippen molar-refractivity contribution in [2.45, 2.75) is 17.7 Å². The number of rotatable bonds is 4. The second-order valence-electron chi connectivity index (χ2n) is 5.20. The Bertz CT molecular complexity index is 836. The summed E-state index contributed by atoms with van der Waals surface area (Å²) in [5, 5.41) is 6.37. The van der Waals surface area contributed by atoms with Crippen molar-refractivity contribution in [1.82, 2.24) is 5.32 Å². The molecule has 0 atom stereocenters. The number of halogens is 1. The van der Waals surface area contributed by atoms with Crippen LogP contribution in [-0.4, -0.2) is 20.9 Å². The minimum atomic E-state index is -3.72. The Labute approximate surface area is 140 Å². The van der Waals surface area contributed by atoms with Gasteiger partial charge in [0.2, 0.25) is 5.96 Å². The Kier molecular flexibility index (Phi) is 4.54. The first-order valence-corrected chi connectivity index (χ1v) is 9.06. The average molecular weight is 350 g/mol. The van der Waals surface area contributed by atoms with Gasteiger partial charge in [0.25, 0.3) is 10.0 Å². The van der Waals surface area contributed by atoms with Crippen LogP contribution < -0.4 is 10.6 Å². The van der Waals surface area contributed by atoms with Crippen molar-refractivity contribution in [3.05, 3.63) is 59.1 Å². The van der Waals surface area contributed by atoms with Crippen LogP contribution in [0.2, 0.25) is 5.02 Å². The van der Waals surface area contributed by atoms with E-state index in [1.165, 1.54) is 11.6 Å². The average Bonchev–Trinajstić information content (AvgIpc) is 2.53. The number of nitrogens with one attached hydrogen (secondary N) is 2. The molecule has 0 bridgehead atoms. The van der Waals surface area contributed by atoms with Gasteiger partial charge in [0.05, 0.1) is 5.69 Å². The van der Waals surface area contributed by atoms with Crippen LogP contribution in [0.1, 0.15) is 12.0 Å². The molecule has 0 unspecified atom stereocenters. The summed E-state index contributed by atoms with van der Waals surface area (Å²) in [6.07, 6.45) is 1.79. The van der Waals surface area contributed by atoms with Crippen molar-refractivity contribution in [3.8, 4) is 0 Å². The van der Waals surface area contributed by atoms with Crippen LogP contribution in [0.4, 0.5) is 5.69 Å². The van der Waals surface area contributed by atoms with E-state index in [4.69, 9.17) is 11.6 Å². The molecule has 3 rings (SSSR count). The molecule has 0 amide bonds. The maximum atomic E-state index is 12.2. The van der Waals surface area contributed by atoms with Gasteiger partial charge >= 0.3 is 0 Å². The van der Waals surface area contributed by atoms with Crippen molar-refractivity contribution < 1.29 is 8.42 Å². The fourth-order valence-electron chi connectivity index (χ4n) is 2.35. The van der Waals surface area contributed by atoms with Gasteiger partial charge in [0.15, 0.2) is 0 Å². The third-order valence-electron chi connectivity index (χ3n) is 3.46. The van der Waals surface area contributed by atoms with Crippen LogP contribution in [0.25, 0.3) is 0 Å². The van der Waals surface area contributed by atoms with Crippen LogP contribution in [0.3, 0.4) is 0 Å². The van der Waals surface area contributed by atoms with Crippen molar-refractivity contribution in [2.24, 2.45) is 4.40 Å². The molecule has 1 aliphatic rings.